The maximum Gasteiger partial charge on any atom is 0.223 e. The van der Waals surface area contributed by atoms with Crippen LogP contribution in [0.15, 0.2) is 24.5 Å². The lowest BCUT2D eigenvalue weighted by atomic mass is 9.89. The van der Waals surface area contributed by atoms with Crippen molar-refractivity contribution in [1.82, 2.24) is 29.4 Å². The number of hydrogen-bond donors (Lipinski definition) is 2. The van der Waals surface area contributed by atoms with Crippen LogP contribution in [0.1, 0.15) is 38.9 Å². The minimum Gasteiger partial charge on any atom is -0.394 e. The molecule has 0 radical (unpaired) electrons. The molecule has 0 unspecified atom stereocenters. The molecule has 9 nitrogen and oxygen atoms in total. The van der Waals surface area contributed by atoms with Crippen molar-refractivity contribution in [1.29, 1.82) is 0 Å². The Kier molecular flexibility index (Phi) is 4.96. The molecule has 2 atom stereocenters. The molecule has 0 saturated carbocycles. The van der Waals surface area contributed by atoms with Gasteiger partial charge in [-0.05, 0) is 32.3 Å². The zero-order valence-corrected chi connectivity index (χ0v) is 18.7. The molecule has 1 aromatic carbocycles. The Bertz CT molecular complexity index is 1350. The van der Waals surface area contributed by atoms with Crippen LogP contribution < -0.4 is 10.6 Å². The molecular weight excluding hydrogens is 430 g/mol. The molecule has 5 rings (SSSR count). The van der Waals surface area contributed by atoms with E-state index >= 15 is 0 Å². The van der Waals surface area contributed by atoms with Crippen LogP contribution >= 0.6 is 0 Å². The number of piperidine rings is 1. The molecule has 0 amide bonds. The normalized spacial score (nSPS) is 19.6. The van der Waals surface area contributed by atoms with Crippen molar-refractivity contribution >= 4 is 28.2 Å². The van der Waals surface area contributed by atoms with E-state index in [0.29, 0.717) is 18.3 Å². The standard InChI is InChI=1S/C22H26F2N8O/c1-12-4-13(9-30(8-12)15-7-26-31(10-15)22(2,3)11-33)19-28-20-16-5-14(23)6-17(24)18(16)27-21(25)32(20)29-19/h5-7,10,12-13,33H,4,8-9,11H2,1-3H3,(H2,25,27)/t12-,13-/m0/s1. The highest BCUT2D eigenvalue weighted by Crippen LogP contribution is 2.33. The molecule has 0 spiro atoms. The van der Waals surface area contributed by atoms with Crippen LogP contribution in [0.25, 0.3) is 16.6 Å². The summed E-state index contributed by atoms with van der Waals surface area (Å²) in [4.78, 5) is 10.9. The van der Waals surface area contributed by atoms with Gasteiger partial charge in [-0.2, -0.15) is 9.61 Å². The smallest absolute Gasteiger partial charge is 0.223 e. The minimum absolute atomic E-state index is 0.00464. The van der Waals surface area contributed by atoms with Gasteiger partial charge in [-0.15, -0.1) is 5.10 Å². The molecule has 0 bridgehead atoms. The average molecular weight is 457 g/mol. The molecule has 4 aromatic rings. The van der Waals surface area contributed by atoms with Gasteiger partial charge >= 0.3 is 0 Å². The van der Waals surface area contributed by atoms with Crippen molar-refractivity contribution in [3.8, 4) is 0 Å². The lowest BCUT2D eigenvalue weighted by Gasteiger charge is -2.36. The number of hydrogen-bond acceptors (Lipinski definition) is 7. The van der Waals surface area contributed by atoms with Crippen LogP contribution in [-0.4, -0.2) is 54.2 Å². The molecule has 1 aliphatic rings. The first-order chi connectivity index (χ1) is 15.7. The highest BCUT2D eigenvalue weighted by molar-refractivity contribution is 5.92. The summed E-state index contributed by atoms with van der Waals surface area (Å²) in [5.41, 5.74) is 6.73. The highest BCUT2D eigenvalue weighted by atomic mass is 19.1. The van der Waals surface area contributed by atoms with E-state index in [0.717, 1.165) is 24.7 Å². The van der Waals surface area contributed by atoms with Crippen molar-refractivity contribution in [3.63, 3.8) is 0 Å². The molecule has 1 aliphatic heterocycles. The first-order valence-corrected chi connectivity index (χ1v) is 10.9. The topological polar surface area (TPSA) is 110 Å². The Balaban J connectivity index is 1.52. The third-order valence-electron chi connectivity index (χ3n) is 6.30. The third-order valence-corrected chi connectivity index (χ3v) is 6.30. The first kappa shape index (κ1) is 21.5. The van der Waals surface area contributed by atoms with E-state index in [1.165, 1.54) is 10.6 Å². The average Bonchev–Trinajstić information content (AvgIpc) is 3.43. The monoisotopic (exact) mass is 456 g/mol. The molecule has 1 fully saturated rings. The molecule has 3 N–H and O–H groups in total. The van der Waals surface area contributed by atoms with Crippen LogP contribution in [0.4, 0.5) is 20.4 Å². The van der Waals surface area contributed by atoms with Crippen LogP contribution in [0.3, 0.4) is 0 Å². The Morgan fingerprint density at radius 2 is 2.00 bits per heavy atom. The summed E-state index contributed by atoms with van der Waals surface area (Å²) in [5.74, 6) is -0.611. The minimum atomic E-state index is -0.788. The lowest BCUT2D eigenvalue weighted by Crippen LogP contribution is -2.39. The van der Waals surface area contributed by atoms with Crippen molar-refractivity contribution in [2.75, 3.05) is 30.3 Å². The fourth-order valence-corrected chi connectivity index (χ4v) is 4.48. The summed E-state index contributed by atoms with van der Waals surface area (Å²) in [7, 11) is 0. The Labute approximate surface area is 188 Å². The number of aromatic nitrogens is 6. The van der Waals surface area contributed by atoms with Crippen LogP contribution in [0, 0.1) is 17.6 Å². The zero-order valence-electron chi connectivity index (χ0n) is 18.7. The van der Waals surface area contributed by atoms with Gasteiger partial charge in [0.2, 0.25) is 5.95 Å². The number of nitrogen functional groups attached to an aromatic ring is 1. The predicted octanol–water partition coefficient (Wildman–Crippen LogP) is 2.69. The highest BCUT2D eigenvalue weighted by Gasteiger charge is 2.31. The maximum absolute atomic E-state index is 14.3. The fraction of sp³-hybridized carbons (Fsp3) is 0.455. The van der Waals surface area contributed by atoms with Crippen LogP contribution in [0.2, 0.25) is 0 Å². The maximum atomic E-state index is 14.3. The number of aliphatic hydroxyl groups excluding tert-OH is 1. The molecule has 0 aliphatic carbocycles. The number of benzene rings is 1. The van der Waals surface area contributed by atoms with Crippen molar-refractivity contribution in [3.05, 3.63) is 42.0 Å². The number of anilines is 2. The summed E-state index contributed by atoms with van der Waals surface area (Å²) in [6.45, 7) is 7.47. The molecule has 33 heavy (non-hydrogen) atoms. The van der Waals surface area contributed by atoms with Gasteiger partial charge in [-0.3, -0.25) is 4.68 Å². The van der Waals surface area contributed by atoms with E-state index in [4.69, 9.17) is 5.73 Å². The second-order valence-corrected chi connectivity index (χ2v) is 9.52. The fourth-order valence-electron chi connectivity index (χ4n) is 4.48. The van der Waals surface area contributed by atoms with Gasteiger partial charge in [-0.1, -0.05) is 6.92 Å². The SMILES string of the molecule is C[C@H]1C[C@H](c2nc3c4cc(F)cc(F)c4nc(N)n3n2)CN(c2cnn(C(C)(C)CO)c2)C1. The van der Waals surface area contributed by atoms with Gasteiger partial charge in [0.05, 0.1) is 29.4 Å². The van der Waals surface area contributed by atoms with Gasteiger partial charge in [0, 0.05) is 31.3 Å². The van der Waals surface area contributed by atoms with E-state index in [9.17, 15) is 13.9 Å². The van der Waals surface area contributed by atoms with E-state index in [1.54, 1.807) is 10.9 Å². The number of fused-ring (bicyclic) bond motifs is 3. The summed E-state index contributed by atoms with van der Waals surface area (Å²) in [6, 6.07) is 1.98. The summed E-state index contributed by atoms with van der Waals surface area (Å²) in [6.07, 6.45) is 4.59. The number of halogens is 2. The van der Waals surface area contributed by atoms with E-state index in [2.05, 4.69) is 32.0 Å². The number of nitrogens with two attached hydrogens (primary N) is 1. The summed E-state index contributed by atoms with van der Waals surface area (Å²) < 4.78 is 31.3. The van der Waals surface area contributed by atoms with Gasteiger partial charge in [0.15, 0.2) is 17.3 Å². The Hall–Kier alpha value is -3.34. The van der Waals surface area contributed by atoms with E-state index < -0.39 is 17.2 Å². The molecule has 3 aromatic heterocycles. The van der Waals surface area contributed by atoms with Crippen LogP contribution in [-0.2, 0) is 5.54 Å². The first-order valence-electron chi connectivity index (χ1n) is 10.9. The van der Waals surface area contributed by atoms with Gasteiger partial charge < -0.3 is 15.7 Å². The molecule has 4 heterocycles. The second-order valence-electron chi connectivity index (χ2n) is 9.52. The summed E-state index contributed by atoms with van der Waals surface area (Å²) in [5, 5.41) is 18.9. The van der Waals surface area contributed by atoms with Gasteiger partial charge in [-0.25, -0.2) is 18.7 Å². The third kappa shape index (κ3) is 3.65. The van der Waals surface area contributed by atoms with E-state index in [-0.39, 0.29) is 35.0 Å². The Morgan fingerprint density at radius 1 is 1.21 bits per heavy atom. The van der Waals surface area contributed by atoms with E-state index in [1.807, 2.05) is 20.0 Å². The largest absolute Gasteiger partial charge is 0.394 e. The predicted molar refractivity (Wildman–Crippen MR) is 120 cm³/mol. The Morgan fingerprint density at radius 3 is 2.76 bits per heavy atom. The van der Waals surface area contributed by atoms with Gasteiger partial charge in [0.25, 0.3) is 0 Å². The van der Waals surface area contributed by atoms with Crippen molar-refractivity contribution in [2.45, 2.75) is 38.6 Å². The lowest BCUT2D eigenvalue weighted by molar-refractivity contribution is 0.152. The van der Waals surface area contributed by atoms with Crippen LogP contribution in [0.5, 0.6) is 0 Å². The molecule has 11 heteroatoms. The molecule has 174 valence electrons. The number of nitrogens with zero attached hydrogens (tertiary/aromatic N) is 7. The molecule has 1 saturated heterocycles. The quantitative estimate of drug-likeness (QED) is 0.486. The zero-order chi connectivity index (χ0) is 23.5. The van der Waals surface area contributed by atoms with Crippen molar-refractivity contribution < 1.29 is 13.9 Å². The summed E-state index contributed by atoms with van der Waals surface area (Å²) >= 11 is 0. The number of rotatable bonds is 4. The molecular formula is C22H26F2N8O. The van der Waals surface area contributed by atoms with Gasteiger partial charge in [0.1, 0.15) is 11.3 Å². The second kappa shape index (κ2) is 7.62. The van der Waals surface area contributed by atoms with Crippen molar-refractivity contribution in [2.24, 2.45) is 5.92 Å². The number of aliphatic hydroxyl groups is 1.